The van der Waals surface area contributed by atoms with Gasteiger partial charge in [-0.1, -0.05) is 6.42 Å². The molecule has 0 aliphatic rings. The fourth-order valence-corrected chi connectivity index (χ4v) is 3.03. The lowest BCUT2D eigenvalue weighted by Crippen LogP contribution is -2.22. The Morgan fingerprint density at radius 3 is 2.73 bits per heavy atom. The Hall–Kier alpha value is -2.54. The lowest BCUT2D eigenvalue weighted by molar-refractivity contribution is -0.129. The highest BCUT2D eigenvalue weighted by Crippen LogP contribution is 2.27. The number of methoxy groups -OCH3 is 1. The van der Waals surface area contributed by atoms with E-state index < -0.39 is 0 Å². The van der Waals surface area contributed by atoms with Gasteiger partial charge in [-0.05, 0) is 43.0 Å². The number of aromatic nitrogens is 1. The Labute approximate surface area is 153 Å². The van der Waals surface area contributed by atoms with E-state index in [2.05, 4.69) is 22.1 Å². The first-order valence-corrected chi connectivity index (χ1v) is 8.88. The van der Waals surface area contributed by atoms with Crippen LogP contribution in [0.2, 0.25) is 0 Å². The van der Waals surface area contributed by atoms with Gasteiger partial charge in [0.25, 0.3) is 0 Å². The number of benzene rings is 1. The molecule has 1 heterocycles. The first-order chi connectivity index (χ1) is 12.5. The van der Waals surface area contributed by atoms with Crippen LogP contribution in [0, 0.1) is 0 Å². The number of nitrogens with zero attached hydrogens (tertiary/aromatic N) is 1. The van der Waals surface area contributed by atoms with Gasteiger partial charge in [0.1, 0.15) is 5.75 Å². The van der Waals surface area contributed by atoms with Gasteiger partial charge < -0.3 is 14.6 Å². The van der Waals surface area contributed by atoms with Gasteiger partial charge in [0, 0.05) is 43.5 Å². The number of carbonyl (C=O) groups excluding carboxylic acids is 2. The van der Waals surface area contributed by atoms with Crippen LogP contribution in [0.4, 0.5) is 0 Å². The molecule has 2 rings (SSSR count). The minimum atomic E-state index is -0.344. The second-order valence-corrected chi connectivity index (χ2v) is 6.31. The van der Waals surface area contributed by atoms with Gasteiger partial charge in [0.05, 0.1) is 7.11 Å². The number of aryl methyl sites for hydroxylation is 1. The van der Waals surface area contributed by atoms with Crippen molar-refractivity contribution in [2.24, 2.45) is 0 Å². The fraction of sp³-hybridized carbons (Fsp3) is 0.474. The third kappa shape index (κ3) is 5.49. The summed E-state index contributed by atoms with van der Waals surface area (Å²) in [7, 11) is 1.65. The van der Waals surface area contributed by atoms with Crippen molar-refractivity contribution < 1.29 is 19.5 Å². The molecule has 0 spiro atoms. The van der Waals surface area contributed by atoms with E-state index in [9.17, 15) is 9.59 Å². The highest BCUT2D eigenvalue weighted by molar-refractivity contribution is 5.85. The second kappa shape index (κ2) is 9.82. The number of carbonyl (C=O) groups is 2. The zero-order chi connectivity index (χ0) is 18.9. The topological polar surface area (TPSA) is 92.6 Å². The molecule has 0 fully saturated rings. The minimum Gasteiger partial charge on any atom is -0.497 e. The third-order valence-corrected chi connectivity index (χ3v) is 4.37. The molecule has 0 radical (unpaired) electrons. The standard InChI is InChI=1S/C19H27N3O4/c1-14(23)20-10-9-15-13-22(11-5-3-4-6-19(24)21-25)18-8-7-16(26-2)12-17(15)18/h7-8,12-13,25H,3-6,9-11H2,1-2H3,(H,20,23)(H,21,24). The van der Waals surface area contributed by atoms with Crippen molar-refractivity contribution >= 4 is 22.7 Å². The summed E-state index contributed by atoms with van der Waals surface area (Å²) in [5.74, 6) is 0.438. The molecular formula is C19H27N3O4. The maximum Gasteiger partial charge on any atom is 0.243 e. The van der Waals surface area contributed by atoms with Crippen molar-refractivity contribution in [3.8, 4) is 5.75 Å². The number of amides is 2. The van der Waals surface area contributed by atoms with E-state index in [-0.39, 0.29) is 11.8 Å². The van der Waals surface area contributed by atoms with Gasteiger partial charge in [-0.25, -0.2) is 5.48 Å². The molecule has 0 unspecified atom stereocenters. The predicted molar refractivity (Wildman–Crippen MR) is 99.3 cm³/mol. The number of nitrogens with one attached hydrogen (secondary N) is 2. The number of hydroxylamine groups is 1. The summed E-state index contributed by atoms with van der Waals surface area (Å²) in [4.78, 5) is 22.1. The Morgan fingerprint density at radius 1 is 1.23 bits per heavy atom. The molecule has 7 heteroatoms. The number of unbranched alkanes of at least 4 members (excludes halogenated alkanes) is 2. The Kier molecular flexibility index (Phi) is 7.47. The number of fused-ring (bicyclic) bond motifs is 1. The van der Waals surface area contributed by atoms with Crippen LogP contribution in [0.5, 0.6) is 5.75 Å². The zero-order valence-corrected chi connectivity index (χ0v) is 15.4. The normalized spacial score (nSPS) is 10.7. The molecule has 7 nitrogen and oxygen atoms in total. The maximum atomic E-state index is 11.1. The molecule has 0 atom stereocenters. The largest absolute Gasteiger partial charge is 0.497 e. The highest BCUT2D eigenvalue weighted by Gasteiger charge is 2.10. The summed E-state index contributed by atoms with van der Waals surface area (Å²) in [6.07, 6.45) is 5.82. The fourth-order valence-electron chi connectivity index (χ4n) is 3.03. The van der Waals surface area contributed by atoms with Gasteiger partial charge in [0.2, 0.25) is 11.8 Å². The smallest absolute Gasteiger partial charge is 0.243 e. The number of hydrogen-bond acceptors (Lipinski definition) is 4. The Balaban J connectivity index is 2.05. The molecule has 2 amide bonds. The first kappa shape index (κ1) is 19.8. The molecule has 0 aliphatic heterocycles. The molecule has 3 N–H and O–H groups in total. The number of hydrogen-bond donors (Lipinski definition) is 3. The van der Waals surface area contributed by atoms with Crippen LogP contribution < -0.4 is 15.5 Å². The summed E-state index contributed by atoms with van der Waals surface area (Å²) < 4.78 is 7.55. The Morgan fingerprint density at radius 2 is 2.04 bits per heavy atom. The Bertz CT molecular complexity index is 755. The maximum absolute atomic E-state index is 11.1. The van der Waals surface area contributed by atoms with Crippen molar-refractivity contribution in [2.75, 3.05) is 13.7 Å². The van der Waals surface area contributed by atoms with Gasteiger partial charge in [-0.3, -0.25) is 14.8 Å². The number of rotatable bonds is 10. The lowest BCUT2D eigenvalue weighted by atomic mass is 10.1. The van der Waals surface area contributed by atoms with Gasteiger partial charge in [-0.2, -0.15) is 0 Å². The summed E-state index contributed by atoms with van der Waals surface area (Å²) in [5.41, 5.74) is 3.96. The van der Waals surface area contributed by atoms with Gasteiger partial charge >= 0.3 is 0 Å². The van der Waals surface area contributed by atoms with Crippen molar-refractivity contribution in [3.05, 3.63) is 30.0 Å². The molecule has 1 aromatic heterocycles. The van der Waals surface area contributed by atoms with E-state index in [0.29, 0.717) is 13.0 Å². The summed E-state index contributed by atoms with van der Waals surface area (Å²) in [6.45, 7) is 2.97. The number of ether oxygens (including phenoxy) is 1. The van der Waals surface area contributed by atoms with E-state index in [4.69, 9.17) is 9.94 Å². The molecule has 0 bridgehead atoms. The zero-order valence-electron chi connectivity index (χ0n) is 15.4. The van der Waals surface area contributed by atoms with E-state index in [1.165, 1.54) is 12.5 Å². The average molecular weight is 361 g/mol. The van der Waals surface area contributed by atoms with Crippen LogP contribution in [0.1, 0.15) is 38.2 Å². The predicted octanol–water partition coefficient (Wildman–Crippen LogP) is 2.39. The molecule has 26 heavy (non-hydrogen) atoms. The quantitative estimate of drug-likeness (QED) is 0.344. The monoisotopic (exact) mass is 361 g/mol. The van der Waals surface area contributed by atoms with Crippen molar-refractivity contribution in [3.63, 3.8) is 0 Å². The summed E-state index contributed by atoms with van der Waals surface area (Å²) in [6, 6.07) is 6.03. The summed E-state index contributed by atoms with van der Waals surface area (Å²) >= 11 is 0. The molecule has 142 valence electrons. The van der Waals surface area contributed by atoms with Gasteiger partial charge in [-0.15, -0.1) is 0 Å². The van der Waals surface area contributed by atoms with E-state index in [1.54, 1.807) is 12.6 Å². The molecular weight excluding hydrogens is 334 g/mol. The molecule has 1 aromatic carbocycles. The molecule has 0 saturated heterocycles. The van der Waals surface area contributed by atoms with Crippen LogP contribution in [-0.4, -0.2) is 35.2 Å². The van der Waals surface area contributed by atoms with Crippen LogP contribution in [0.3, 0.4) is 0 Å². The van der Waals surface area contributed by atoms with E-state index in [1.807, 2.05) is 12.1 Å². The van der Waals surface area contributed by atoms with E-state index >= 15 is 0 Å². The summed E-state index contributed by atoms with van der Waals surface area (Å²) in [5, 5.41) is 12.5. The minimum absolute atomic E-state index is 0.0294. The lowest BCUT2D eigenvalue weighted by Gasteiger charge is -2.06. The van der Waals surface area contributed by atoms with Crippen molar-refractivity contribution in [1.29, 1.82) is 0 Å². The third-order valence-electron chi connectivity index (χ3n) is 4.37. The van der Waals surface area contributed by atoms with Crippen molar-refractivity contribution in [1.82, 2.24) is 15.4 Å². The van der Waals surface area contributed by atoms with Gasteiger partial charge in [0.15, 0.2) is 0 Å². The van der Waals surface area contributed by atoms with Crippen LogP contribution >= 0.6 is 0 Å². The first-order valence-electron chi connectivity index (χ1n) is 8.88. The van der Waals surface area contributed by atoms with Crippen LogP contribution in [-0.2, 0) is 22.6 Å². The van der Waals surface area contributed by atoms with Crippen LogP contribution in [0.25, 0.3) is 10.9 Å². The molecule has 0 saturated carbocycles. The van der Waals surface area contributed by atoms with Crippen molar-refractivity contribution in [2.45, 2.75) is 45.6 Å². The average Bonchev–Trinajstić information content (AvgIpc) is 2.98. The molecule has 2 aromatic rings. The highest BCUT2D eigenvalue weighted by atomic mass is 16.5. The molecule has 0 aliphatic carbocycles. The second-order valence-electron chi connectivity index (χ2n) is 6.31. The van der Waals surface area contributed by atoms with Crippen LogP contribution in [0.15, 0.2) is 24.4 Å². The van der Waals surface area contributed by atoms with E-state index in [0.717, 1.165) is 48.9 Å². The SMILES string of the molecule is COc1ccc2c(c1)c(CCNC(C)=O)cn2CCCCCC(=O)NO.